The first-order valence-corrected chi connectivity index (χ1v) is 11.0. The molecule has 0 bridgehead atoms. The zero-order valence-corrected chi connectivity index (χ0v) is 19.1. The third-order valence-corrected chi connectivity index (χ3v) is 5.53. The van der Waals surface area contributed by atoms with Crippen LogP contribution < -0.4 is 0 Å². The van der Waals surface area contributed by atoms with Gasteiger partial charge in [0.05, 0.1) is 6.42 Å². The Labute approximate surface area is 193 Å². The summed E-state index contributed by atoms with van der Waals surface area (Å²) in [6, 6.07) is 15.8. The van der Waals surface area contributed by atoms with Crippen molar-refractivity contribution in [2.75, 3.05) is 6.61 Å². The highest BCUT2D eigenvalue weighted by atomic mass is 16.6. The highest BCUT2D eigenvalue weighted by Crippen LogP contribution is 2.24. The molecule has 2 aromatic carbocycles. The van der Waals surface area contributed by atoms with E-state index in [4.69, 9.17) is 13.9 Å². The maximum absolute atomic E-state index is 12.1. The molecule has 5 heteroatoms. The second-order valence-electron chi connectivity index (χ2n) is 8.47. The monoisotopic (exact) mass is 442 g/mol. The Hall–Kier alpha value is -3.78. The van der Waals surface area contributed by atoms with Crippen LogP contribution in [0.25, 0.3) is 11.0 Å². The molecule has 0 saturated carbocycles. The third kappa shape index (κ3) is 5.72. The minimum atomic E-state index is -0.406. The predicted octanol–water partition coefficient (Wildman–Crippen LogP) is 5.27. The average Bonchev–Trinajstić information content (AvgIpc) is 3.38. The van der Waals surface area contributed by atoms with Gasteiger partial charge in [0, 0.05) is 34.9 Å². The van der Waals surface area contributed by atoms with Gasteiger partial charge < -0.3 is 13.9 Å². The van der Waals surface area contributed by atoms with Gasteiger partial charge in [0.15, 0.2) is 0 Å². The largest absolute Gasteiger partial charge is 0.462 e. The Kier molecular flexibility index (Phi) is 6.65. The SMILES string of the molecule is CC(C)=C1CC(COC(=O)CCc2cc3cc(C#Cc4ccc(C)cc4)ccc3o2)OC1=O. The van der Waals surface area contributed by atoms with Crippen LogP contribution in [0.15, 0.2) is 64.1 Å². The fourth-order valence-electron chi connectivity index (χ4n) is 3.64. The molecule has 4 rings (SSSR count). The molecule has 168 valence electrons. The molecule has 0 spiro atoms. The molecule has 0 radical (unpaired) electrons. The number of furan rings is 1. The Bertz CT molecular complexity index is 1280. The first kappa shape index (κ1) is 22.4. The van der Waals surface area contributed by atoms with Crippen LogP contribution in [0, 0.1) is 18.8 Å². The molecule has 2 heterocycles. The van der Waals surface area contributed by atoms with Gasteiger partial charge in [-0.25, -0.2) is 4.79 Å². The number of ether oxygens (including phenoxy) is 2. The number of carbonyl (C=O) groups excluding carboxylic acids is 2. The lowest BCUT2D eigenvalue weighted by Crippen LogP contribution is -2.18. The molecule has 1 fully saturated rings. The number of carbonyl (C=O) groups is 2. The summed E-state index contributed by atoms with van der Waals surface area (Å²) in [7, 11) is 0. The normalized spacial score (nSPS) is 15.2. The molecule has 1 atom stereocenters. The number of benzene rings is 2. The zero-order chi connectivity index (χ0) is 23.4. The summed E-state index contributed by atoms with van der Waals surface area (Å²) in [5.41, 5.74) is 5.43. The minimum Gasteiger partial charge on any atom is -0.462 e. The van der Waals surface area contributed by atoms with E-state index in [-0.39, 0.29) is 25.0 Å². The van der Waals surface area contributed by atoms with Gasteiger partial charge in [-0.2, -0.15) is 0 Å². The number of allylic oxidation sites excluding steroid dienone is 1. The number of rotatable bonds is 5. The quantitative estimate of drug-likeness (QED) is 0.306. The van der Waals surface area contributed by atoms with E-state index in [1.165, 1.54) is 5.56 Å². The summed E-state index contributed by atoms with van der Waals surface area (Å²) in [5.74, 6) is 6.41. The summed E-state index contributed by atoms with van der Waals surface area (Å²) in [6.07, 6.45) is 0.696. The fourth-order valence-corrected chi connectivity index (χ4v) is 3.64. The number of hydrogen-bond donors (Lipinski definition) is 0. The molecule has 33 heavy (non-hydrogen) atoms. The van der Waals surface area contributed by atoms with Crippen LogP contribution in [0.4, 0.5) is 0 Å². The molecule has 1 aliphatic heterocycles. The Balaban J connectivity index is 1.31. The Morgan fingerprint density at radius 2 is 1.79 bits per heavy atom. The first-order valence-electron chi connectivity index (χ1n) is 11.0. The minimum absolute atomic E-state index is 0.0739. The maximum atomic E-state index is 12.1. The third-order valence-electron chi connectivity index (χ3n) is 5.53. The summed E-state index contributed by atoms with van der Waals surface area (Å²) in [6.45, 7) is 5.87. The van der Waals surface area contributed by atoms with Gasteiger partial charge in [0.2, 0.25) is 0 Å². The second kappa shape index (κ2) is 9.79. The van der Waals surface area contributed by atoms with Crippen LogP contribution in [0.3, 0.4) is 0 Å². The first-order chi connectivity index (χ1) is 15.9. The molecule has 0 aliphatic carbocycles. The summed E-state index contributed by atoms with van der Waals surface area (Å²) in [5, 5.41) is 0.946. The van der Waals surface area contributed by atoms with E-state index < -0.39 is 6.10 Å². The van der Waals surface area contributed by atoms with Crippen molar-refractivity contribution >= 4 is 22.9 Å². The number of aryl methyl sites for hydroxylation is 2. The Morgan fingerprint density at radius 3 is 2.52 bits per heavy atom. The highest BCUT2D eigenvalue weighted by molar-refractivity contribution is 5.91. The van der Waals surface area contributed by atoms with E-state index >= 15 is 0 Å². The van der Waals surface area contributed by atoms with Gasteiger partial charge in [-0.15, -0.1) is 0 Å². The molecule has 1 aliphatic rings. The van der Waals surface area contributed by atoms with Crippen molar-refractivity contribution in [1.82, 2.24) is 0 Å². The molecule has 0 amide bonds. The van der Waals surface area contributed by atoms with Crippen LogP contribution in [0.1, 0.15) is 49.1 Å². The van der Waals surface area contributed by atoms with Gasteiger partial charge in [-0.3, -0.25) is 4.79 Å². The van der Waals surface area contributed by atoms with Crippen molar-refractivity contribution in [3.05, 3.63) is 82.1 Å². The lowest BCUT2D eigenvalue weighted by Gasteiger charge is -2.09. The van der Waals surface area contributed by atoms with Gasteiger partial charge in [0.1, 0.15) is 24.1 Å². The van der Waals surface area contributed by atoms with Crippen LogP contribution >= 0.6 is 0 Å². The molecule has 1 aromatic heterocycles. The van der Waals surface area contributed by atoms with Gasteiger partial charge >= 0.3 is 11.9 Å². The molecule has 3 aromatic rings. The fraction of sp³-hybridized carbons (Fsp3) is 0.286. The van der Waals surface area contributed by atoms with E-state index in [0.717, 1.165) is 27.7 Å². The molecule has 1 saturated heterocycles. The van der Waals surface area contributed by atoms with Crippen molar-refractivity contribution in [2.45, 2.75) is 46.1 Å². The van der Waals surface area contributed by atoms with Crippen LogP contribution in [-0.4, -0.2) is 24.6 Å². The van der Waals surface area contributed by atoms with Crippen molar-refractivity contribution in [1.29, 1.82) is 0 Å². The van der Waals surface area contributed by atoms with Crippen LogP contribution in [-0.2, 0) is 25.5 Å². The smallest absolute Gasteiger partial charge is 0.334 e. The number of esters is 2. The average molecular weight is 443 g/mol. The number of hydrogen-bond acceptors (Lipinski definition) is 5. The summed E-state index contributed by atoms with van der Waals surface area (Å²) < 4.78 is 16.4. The molecule has 1 unspecified atom stereocenters. The van der Waals surface area contributed by atoms with Crippen molar-refractivity contribution in [3.63, 3.8) is 0 Å². The number of cyclic esters (lactones) is 1. The molecule has 5 nitrogen and oxygen atoms in total. The zero-order valence-electron chi connectivity index (χ0n) is 19.1. The van der Waals surface area contributed by atoms with Crippen molar-refractivity contribution in [2.24, 2.45) is 0 Å². The maximum Gasteiger partial charge on any atom is 0.334 e. The van der Waals surface area contributed by atoms with E-state index in [0.29, 0.717) is 24.2 Å². The predicted molar refractivity (Wildman–Crippen MR) is 126 cm³/mol. The van der Waals surface area contributed by atoms with Crippen molar-refractivity contribution < 1.29 is 23.5 Å². The number of fused-ring (bicyclic) bond motifs is 1. The molecular formula is C28H26O5. The van der Waals surface area contributed by atoms with Crippen molar-refractivity contribution in [3.8, 4) is 11.8 Å². The standard InChI is InChI=1S/C28H26O5/c1-18(2)25-16-24(33-28(25)30)17-31-27(29)13-11-23-15-22-14-21(10-12-26(22)32-23)9-8-20-6-4-19(3)5-7-20/h4-7,10,12,14-15,24H,11,13,16-17H2,1-3H3. The lowest BCUT2D eigenvalue weighted by atomic mass is 10.1. The molecular weight excluding hydrogens is 416 g/mol. The van der Waals surface area contributed by atoms with Gasteiger partial charge in [-0.1, -0.05) is 35.1 Å². The summed E-state index contributed by atoms with van der Waals surface area (Å²) >= 11 is 0. The highest BCUT2D eigenvalue weighted by Gasteiger charge is 2.30. The molecule has 0 N–H and O–H groups in total. The second-order valence-corrected chi connectivity index (χ2v) is 8.47. The van der Waals surface area contributed by atoms with E-state index in [1.54, 1.807) is 0 Å². The Morgan fingerprint density at radius 1 is 1.06 bits per heavy atom. The van der Waals surface area contributed by atoms with Gasteiger partial charge in [-0.05, 0) is 57.2 Å². The van der Waals surface area contributed by atoms with E-state index in [9.17, 15) is 9.59 Å². The summed E-state index contributed by atoms with van der Waals surface area (Å²) in [4.78, 5) is 23.9. The lowest BCUT2D eigenvalue weighted by molar-refractivity contribution is -0.152. The van der Waals surface area contributed by atoms with Crippen LogP contribution in [0.2, 0.25) is 0 Å². The van der Waals surface area contributed by atoms with Gasteiger partial charge in [0.25, 0.3) is 0 Å². The van der Waals surface area contributed by atoms with E-state index in [2.05, 4.69) is 11.8 Å². The topological polar surface area (TPSA) is 65.7 Å². The van der Waals surface area contributed by atoms with E-state index in [1.807, 2.05) is 69.3 Å². The van der Waals surface area contributed by atoms with Crippen LogP contribution in [0.5, 0.6) is 0 Å².